The predicted octanol–water partition coefficient (Wildman–Crippen LogP) is 3.39. The summed E-state index contributed by atoms with van der Waals surface area (Å²) in [4.78, 5) is 10.1. The van der Waals surface area contributed by atoms with Crippen LogP contribution in [0.1, 0.15) is 25.3 Å². The Bertz CT molecular complexity index is 1150. The molecule has 0 amide bonds. The smallest absolute Gasteiger partial charge is 0.209 e. The Morgan fingerprint density at radius 2 is 1.90 bits per heavy atom. The van der Waals surface area contributed by atoms with E-state index in [4.69, 9.17) is 4.74 Å². The minimum Gasteiger partial charge on any atom is -0.492 e. The van der Waals surface area contributed by atoms with Crippen LogP contribution in [0.4, 0.5) is 0 Å². The first-order valence-corrected chi connectivity index (χ1v) is 12.4. The Balaban J connectivity index is 1.55. The van der Waals surface area contributed by atoms with Crippen molar-refractivity contribution in [2.45, 2.75) is 26.3 Å². The van der Waals surface area contributed by atoms with Crippen LogP contribution in [-0.4, -0.2) is 56.3 Å². The van der Waals surface area contributed by atoms with Gasteiger partial charge in [-0.2, -0.15) is 0 Å². The van der Waals surface area contributed by atoms with Gasteiger partial charge in [0.15, 0.2) is 0 Å². The van der Waals surface area contributed by atoms with Crippen LogP contribution in [0.25, 0.3) is 22.2 Å². The van der Waals surface area contributed by atoms with Gasteiger partial charge in [0, 0.05) is 29.9 Å². The Morgan fingerprint density at radius 3 is 2.58 bits per heavy atom. The van der Waals surface area contributed by atoms with Crippen LogP contribution in [0.2, 0.25) is 0 Å². The van der Waals surface area contributed by atoms with E-state index in [9.17, 15) is 8.42 Å². The molecule has 0 saturated carbocycles. The molecular formula is C23H30N4O3S. The molecule has 1 aromatic carbocycles. The van der Waals surface area contributed by atoms with Crippen molar-refractivity contribution < 1.29 is 13.2 Å². The molecule has 3 aromatic rings. The Morgan fingerprint density at radius 1 is 1.19 bits per heavy atom. The number of likely N-dealkylation sites (tertiary alicyclic amines) is 1. The van der Waals surface area contributed by atoms with Crippen molar-refractivity contribution in [3.05, 3.63) is 48.3 Å². The summed E-state index contributed by atoms with van der Waals surface area (Å²) in [5.41, 5.74) is 3.92. The first-order chi connectivity index (χ1) is 14.7. The van der Waals surface area contributed by atoms with Crippen LogP contribution in [0, 0.1) is 5.41 Å². The fraction of sp³-hybridized carbons (Fsp3) is 0.435. The van der Waals surface area contributed by atoms with E-state index in [2.05, 4.69) is 33.6 Å². The highest BCUT2D eigenvalue weighted by atomic mass is 32.2. The molecule has 31 heavy (non-hydrogen) atoms. The largest absolute Gasteiger partial charge is 0.492 e. The van der Waals surface area contributed by atoms with Crippen LogP contribution in [0.15, 0.2) is 42.7 Å². The third-order valence-corrected chi connectivity index (χ3v) is 6.78. The second-order valence-electron chi connectivity index (χ2n) is 8.93. The third kappa shape index (κ3) is 5.26. The van der Waals surface area contributed by atoms with Crippen molar-refractivity contribution in [1.29, 1.82) is 0 Å². The molecule has 4 rings (SSSR count). The minimum atomic E-state index is -3.22. The van der Waals surface area contributed by atoms with Gasteiger partial charge >= 0.3 is 0 Å². The Labute approximate surface area is 183 Å². The summed E-state index contributed by atoms with van der Waals surface area (Å²) in [6, 6.07) is 9.79. The number of nitrogens with one attached hydrogen (secondary N) is 2. The summed E-state index contributed by atoms with van der Waals surface area (Å²) >= 11 is 0. The normalized spacial score (nSPS) is 17.1. The van der Waals surface area contributed by atoms with E-state index in [1.807, 2.05) is 36.5 Å². The fourth-order valence-electron chi connectivity index (χ4n) is 3.95. The average molecular weight is 443 g/mol. The molecule has 1 fully saturated rings. The molecule has 0 bridgehead atoms. The van der Waals surface area contributed by atoms with Crippen LogP contribution in [0.5, 0.6) is 5.75 Å². The highest BCUT2D eigenvalue weighted by molar-refractivity contribution is 7.88. The van der Waals surface area contributed by atoms with Crippen LogP contribution >= 0.6 is 0 Å². The number of fused-ring (bicyclic) bond motifs is 1. The van der Waals surface area contributed by atoms with E-state index < -0.39 is 10.0 Å². The van der Waals surface area contributed by atoms with E-state index in [1.54, 1.807) is 6.20 Å². The maximum atomic E-state index is 11.3. The van der Waals surface area contributed by atoms with Crippen LogP contribution in [-0.2, 0) is 16.6 Å². The number of aromatic nitrogens is 2. The fourth-order valence-corrected chi connectivity index (χ4v) is 4.37. The minimum absolute atomic E-state index is 0.173. The summed E-state index contributed by atoms with van der Waals surface area (Å²) in [6.45, 7) is 5.46. The summed E-state index contributed by atoms with van der Waals surface area (Å²) in [6.07, 6.45) is 7.13. The van der Waals surface area contributed by atoms with Crippen LogP contribution in [0.3, 0.4) is 0 Å². The number of piperidine rings is 1. The van der Waals surface area contributed by atoms with Crippen molar-refractivity contribution in [1.82, 2.24) is 19.6 Å². The zero-order valence-electron chi connectivity index (χ0n) is 18.3. The summed E-state index contributed by atoms with van der Waals surface area (Å²) < 4.78 is 31.5. The van der Waals surface area contributed by atoms with Crippen molar-refractivity contribution in [3.63, 3.8) is 0 Å². The predicted molar refractivity (Wildman–Crippen MR) is 124 cm³/mol. The van der Waals surface area contributed by atoms with Crippen molar-refractivity contribution >= 4 is 21.1 Å². The molecular weight excluding hydrogens is 412 g/mol. The molecule has 8 heteroatoms. The lowest BCUT2D eigenvalue weighted by Gasteiger charge is -2.37. The van der Waals surface area contributed by atoms with Crippen molar-refractivity contribution in [2.24, 2.45) is 5.41 Å². The first-order valence-electron chi connectivity index (χ1n) is 10.5. The topological polar surface area (TPSA) is 87.3 Å². The molecule has 2 N–H and O–H groups in total. The van der Waals surface area contributed by atoms with Crippen LogP contribution < -0.4 is 9.46 Å². The van der Waals surface area contributed by atoms with E-state index in [0.29, 0.717) is 6.61 Å². The molecule has 0 aliphatic carbocycles. The SMILES string of the molecule is CN1CCC(C)(COc2ccnc3[nH]cc(-c4ccc(CNS(C)(=O)=O)cc4)c23)CC1. The number of pyridine rings is 1. The number of aromatic amines is 1. The zero-order chi connectivity index (χ0) is 22.1. The number of H-pyrrole nitrogens is 1. The lowest BCUT2D eigenvalue weighted by molar-refractivity contribution is 0.0811. The van der Waals surface area contributed by atoms with E-state index in [0.717, 1.165) is 65.7 Å². The number of hydrogen-bond acceptors (Lipinski definition) is 5. The average Bonchev–Trinajstić information content (AvgIpc) is 3.18. The molecule has 0 unspecified atom stereocenters. The van der Waals surface area contributed by atoms with Gasteiger partial charge in [-0.3, -0.25) is 0 Å². The van der Waals surface area contributed by atoms with Crippen molar-refractivity contribution in [3.8, 4) is 16.9 Å². The second-order valence-corrected chi connectivity index (χ2v) is 10.8. The molecule has 0 spiro atoms. The third-order valence-electron chi connectivity index (χ3n) is 6.11. The van der Waals surface area contributed by atoms with E-state index in [-0.39, 0.29) is 12.0 Å². The summed E-state index contributed by atoms with van der Waals surface area (Å²) in [7, 11) is -1.05. The molecule has 1 saturated heterocycles. The van der Waals surface area contributed by atoms with Gasteiger partial charge in [-0.25, -0.2) is 18.1 Å². The van der Waals surface area contributed by atoms with Gasteiger partial charge < -0.3 is 14.6 Å². The lowest BCUT2D eigenvalue weighted by atomic mass is 9.81. The quantitative estimate of drug-likeness (QED) is 0.586. The molecule has 166 valence electrons. The highest BCUT2D eigenvalue weighted by Crippen LogP contribution is 2.37. The standard InChI is InChI=1S/C23H30N4O3S/c1-23(9-12-27(2)13-10-23)16-30-20-8-11-24-22-21(20)19(15-25-22)18-6-4-17(5-7-18)14-26-31(3,28)29/h4-8,11,15,26H,9-10,12-14,16H2,1-3H3,(H,24,25). The zero-order valence-corrected chi connectivity index (χ0v) is 19.1. The summed E-state index contributed by atoms with van der Waals surface area (Å²) in [5, 5.41) is 0.973. The second kappa shape index (κ2) is 8.61. The van der Waals surface area contributed by atoms with Gasteiger partial charge in [0.1, 0.15) is 11.4 Å². The summed E-state index contributed by atoms with van der Waals surface area (Å²) in [5.74, 6) is 0.837. The molecule has 0 radical (unpaired) electrons. The monoisotopic (exact) mass is 442 g/mol. The Hall–Kier alpha value is -2.42. The maximum Gasteiger partial charge on any atom is 0.209 e. The van der Waals surface area contributed by atoms with Gasteiger partial charge in [-0.15, -0.1) is 0 Å². The molecule has 1 aliphatic heterocycles. The lowest BCUT2D eigenvalue weighted by Crippen LogP contribution is -2.39. The molecule has 3 heterocycles. The van der Waals surface area contributed by atoms with Gasteiger partial charge in [0.05, 0.1) is 18.2 Å². The number of benzene rings is 1. The molecule has 7 nitrogen and oxygen atoms in total. The molecule has 0 atom stereocenters. The van der Waals surface area contributed by atoms with E-state index in [1.165, 1.54) is 0 Å². The van der Waals surface area contributed by atoms with Gasteiger partial charge in [0.25, 0.3) is 0 Å². The van der Waals surface area contributed by atoms with E-state index >= 15 is 0 Å². The van der Waals surface area contributed by atoms with Crippen molar-refractivity contribution in [2.75, 3.05) is 33.0 Å². The number of hydrogen-bond donors (Lipinski definition) is 2. The highest BCUT2D eigenvalue weighted by Gasteiger charge is 2.30. The number of ether oxygens (including phenoxy) is 1. The first kappa shape index (κ1) is 21.8. The number of nitrogens with zero attached hydrogens (tertiary/aromatic N) is 2. The van der Waals surface area contributed by atoms with Gasteiger partial charge in [-0.05, 0) is 50.2 Å². The maximum absolute atomic E-state index is 11.3. The number of rotatable bonds is 7. The Kier molecular flexibility index (Phi) is 6.05. The molecule has 1 aliphatic rings. The molecule has 2 aromatic heterocycles. The number of sulfonamides is 1. The van der Waals surface area contributed by atoms with Gasteiger partial charge in [-0.1, -0.05) is 31.2 Å². The van der Waals surface area contributed by atoms with Gasteiger partial charge in [0.2, 0.25) is 10.0 Å².